The summed E-state index contributed by atoms with van der Waals surface area (Å²) >= 11 is 0. The zero-order valence-corrected chi connectivity index (χ0v) is 42.0. The third-order valence-corrected chi connectivity index (χ3v) is 14.3. The van der Waals surface area contributed by atoms with Crippen molar-refractivity contribution in [2.75, 3.05) is 110 Å². The predicted octanol–water partition coefficient (Wildman–Crippen LogP) is 8.46. The van der Waals surface area contributed by atoms with Gasteiger partial charge in [-0.05, 0) is 96.5 Å². The van der Waals surface area contributed by atoms with Crippen LogP contribution in [0.5, 0.6) is 46.0 Å². The molecule has 4 aromatic carbocycles. The van der Waals surface area contributed by atoms with Gasteiger partial charge < -0.3 is 56.3 Å². The van der Waals surface area contributed by atoms with Crippen LogP contribution in [0.1, 0.15) is 84.0 Å². The third-order valence-electron chi connectivity index (χ3n) is 14.3. The molecule has 14 heteroatoms. The number of carbonyl (C=O) groups is 2. The first-order valence-corrected chi connectivity index (χ1v) is 23.8. The number of hydrogen-bond donors (Lipinski definition) is 0. The molecule has 0 amide bonds. The van der Waals surface area contributed by atoms with E-state index in [1.54, 1.807) is 56.9 Å². The molecule has 2 aliphatic rings. The molecule has 4 aromatic rings. The first-order valence-electron chi connectivity index (χ1n) is 23.8. The number of quaternary nitrogens is 2. The van der Waals surface area contributed by atoms with E-state index in [0.717, 1.165) is 75.6 Å². The number of hydrogen-bond acceptors (Lipinski definition) is 12. The zero-order valence-electron chi connectivity index (χ0n) is 42.0. The quantitative estimate of drug-likeness (QED) is 0.0360. The molecule has 0 aliphatic carbocycles. The van der Waals surface area contributed by atoms with Crippen molar-refractivity contribution in [2.45, 2.75) is 76.3 Å². The van der Waals surface area contributed by atoms with E-state index in [1.807, 2.05) is 24.3 Å². The van der Waals surface area contributed by atoms with Gasteiger partial charge in [-0.25, -0.2) is 0 Å². The first-order chi connectivity index (χ1) is 32.9. The molecule has 0 aromatic heterocycles. The molecule has 0 spiro atoms. The summed E-state index contributed by atoms with van der Waals surface area (Å²) in [7, 11) is 17.6. The molecular formula is C54H74N2O12+2. The van der Waals surface area contributed by atoms with Crippen LogP contribution < -0.4 is 37.9 Å². The van der Waals surface area contributed by atoms with E-state index in [9.17, 15) is 9.59 Å². The van der Waals surface area contributed by atoms with Crippen LogP contribution in [-0.2, 0) is 44.7 Å². The van der Waals surface area contributed by atoms with Gasteiger partial charge in [-0.3, -0.25) is 9.59 Å². The zero-order chi connectivity index (χ0) is 48.8. The number of ether oxygens (including phenoxy) is 10. The normalized spacial score (nSPS) is 19.4. The fourth-order valence-corrected chi connectivity index (χ4v) is 10.1. The SMILES string of the molecule is COc1ccc(CC2c3cc(OC)c(OC)cc3CC[N+]2(C)CCC(=O)OCCCCCCOC(=O)CC[N+]2(C)CCc3cc(OC)c(OC)cc3C2Cc2ccc(OC)c(OC)c2)cc1OC. The molecule has 0 fully saturated rings. The largest absolute Gasteiger partial charge is 0.493 e. The minimum absolute atomic E-state index is 0.0484. The minimum Gasteiger partial charge on any atom is -0.493 e. The molecule has 0 saturated carbocycles. The Morgan fingerprint density at radius 2 is 0.794 bits per heavy atom. The lowest BCUT2D eigenvalue weighted by molar-refractivity contribution is -0.940. The highest BCUT2D eigenvalue weighted by Crippen LogP contribution is 2.45. The van der Waals surface area contributed by atoms with Gasteiger partial charge in [0.25, 0.3) is 0 Å². The Bertz CT molecular complexity index is 2170. The summed E-state index contributed by atoms with van der Waals surface area (Å²) in [5, 5.41) is 0. The second-order valence-corrected chi connectivity index (χ2v) is 18.3. The Hall–Kier alpha value is -5.86. The van der Waals surface area contributed by atoms with E-state index in [-0.39, 0.29) is 24.0 Å². The highest BCUT2D eigenvalue weighted by Gasteiger charge is 2.42. The maximum atomic E-state index is 13.2. The Labute approximate surface area is 403 Å². The van der Waals surface area contributed by atoms with Gasteiger partial charge in [0.15, 0.2) is 46.0 Å². The van der Waals surface area contributed by atoms with E-state index in [0.29, 0.717) is 94.1 Å². The van der Waals surface area contributed by atoms with Gasteiger partial charge in [0.05, 0.1) is 123 Å². The smallest absolute Gasteiger partial charge is 0.311 e. The maximum Gasteiger partial charge on any atom is 0.311 e. The van der Waals surface area contributed by atoms with E-state index in [1.165, 1.54) is 22.3 Å². The van der Waals surface area contributed by atoms with Crippen molar-refractivity contribution in [1.29, 1.82) is 0 Å². The van der Waals surface area contributed by atoms with E-state index >= 15 is 0 Å². The summed E-state index contributed by atoms with van der Waals surface area (Å²) < 4.78 is 57.9. The highest BCUT2D eigenvalue weighted by molar-refractivity contribution is 5.69. The van der Waals surface area contributed by atoms with Gasteiger partial charge in [-0.1, -0.05) is 12.1 Å². The van der Waals surface area contributed by atoms with Crippen LogP contribution in [0.25, 0.3) is 0 Å². The van der Waals surface area contributed by atoms with Crippen molar-refractivity contribution >= 4 is 11.9 Å². The predicted molar refractivity (Wildman–Crippen MR) is 260 cm³/mol. The fourth-order valence-electron chi connectivity index (χ4n) is 10.1. The molecule has 2 heterocycles. The number of carbonyl (C=O) groups excluding carboxylic acids is 2. The van der Waals surface area contributed by atoms with Crippen LogP contribution in [0, 0.1) is 0 Å². The van der Waals surface area contributed by atoms with Crippen LogP contribution in [0.4, 0.5) is 0 Å². The fraction of sp³-hybridized carbons (Fsp3) is 0.519. The van der Waals surface area contributed by atoms with Gasteiger partial charge >= 0.3 is 11.9 Å². The van der Waals surface area contributed by atoms with Crippen molar-refractivity contribution in [2.24, 2.45) is 0 Å². The summed E-state index contributed by atoms with van der Waals surface area (Å²) in [5.74, 6) is 5.13. The van der Waals surface area contributed by atoms with Crippen molar-refractivity contribution in [1.82, 2.24) is 0 Å². The van der Waals surface area contributed by atoms with Crippen LogP contribution >= 0.6 is 0 Å². The Balaban J connectivity index is 0.963. The monoisotopic (exact) mass is 943 g/mol. The second-order valence-electron chi connectivity index (χ2n) is 18.3. The average molecular weight is 943 g/mol. The Kier molecular flexibility index (Phi) is 18.1. The Morgan fingerprint density at radius 3 is 1.15 bits per heavy atom. The molecule has 0 radical (unpaired) electrons. The van der Waals surface area contributed by atoms with Crippen molar-refractivity contribution in [3.63, 3.8) is 0 Å². The molecule has 2 aliphatic heterocycles. The number of nitrogens with zero attached hydrogens (tertiary/aromatic N) is 2. The van der Waals surface area contributed by atoms with Gasteiger partial charge in [-0.15, -0.1) is 0 Å². The summed E-state index contributed by atoms with van der Waals surface area (Å²) in [5.41, 5.74) is 7.04. The maximum absolute atomic E-state index is 13.2. The highest BCUT2D eigenvalue weighted by atomic mass is 16.5. The molecule has 0 N–H and O–H groups in total. The molecule has 6 rings (SSSR count). The topological polar surface area (TPSA) is 126 Å². The molecule has 370 valence electrons. The summed E-state index contributed by atoms with van der Waals surface area (Å²) in [4.78, 5) is 26.4. The number of rotatable bonds is 25. The molecule has 0 saturated heterocycles. The van der Waals surface area contributed by atoms with E-state index in [2.05, 4.69) is 50.5 Å². The lowest BCUT2D eigenvalue weighted by atomic mass is 9.86. The molecule has 0 bridgehead atoms. The van der Waals surface area contributed by atoms with Crippen molar-refractivity contribution < 1.29 is 65.9 Å². The number of unbranched alkanes of at least 4 members (excludes halogenated alkanes) is 3. The van der Waals surface area contributed by atoms with Crippen LogP contribution in [0.3, 0.4) is 0 Å². The van der Waals surface area contributed by atoms with Gasteiger partial charge in [0.2, 0.25) is 0 Å². The minimum atomic E-state index is -0.195. The van der Waals surface area contributed by atoms with Crippen molar-refractivity contribution in [3.05, 3.63) is 94.0 Å². The van der Waals surface area contributed by atoms with Gasteiger partial charge in [0, 0.05) is 36.8 Å². The van der Waals surface area contributed by atoms with Crippen LogP contribution in [0.15, 0.2) is 60.7 Å². The number of benzene rings is 4. The number of fused-ring (bicyclic) bond motifs is 2. The first kappa shape index (κ1) is 51.5. The van der Waals surface area contributed by atoms with E-state index < -0.39 is 0 Å². The second kappa shape index (κ2) is 23.9. The molecule has 4 atom stereocenters. The number of likely N-dealkylation sites (N-methyl/N-ethyl adjacent to an activating group) is 2. The van der Waals surface area contributed by atoms with Crippen molar-refractivity contribution in [3.8, 4) is 46.0 Å². The third kappa shape index (κ3) is 12.2. The molecular weight excluding hydrogens is 869 g/mol. The summed E-state index contributed by atoms with van der Waals surface area (Å²) in [6.45, 7) is 3.70. The molecule has 4 unspecified atom stereocenters. The summed E-state index contributed by atoms with van der Waals surface area (Å²) in [6.07, 6.45) is 7.00. The average Bonchev–Trinajstić information content (AvgIpc) is 3.36. The van der Waals surface area contributed by atoms with Gasteiger partial charge in [-0.2, -0.15) is 0 Å². The molecule has 68 heavy (non-hydrogen) atoms. The van der Waals surface area contributed by atoms with Crippen LogP contribution in [-0.4, -0.2) is 131 Å². The lowest BCUT2D eigenvalue weighted by Crippen LogP contribution is -2.53. The van der Waals surface area contributed by atoms with Gasteiger partial charge in [0.1, 0.15) is 12.1 Å². The van der Waals surface area contributed by atoms with E-state index in [4.69, 9.17) is 47.4 Å². The lowest BCUT2D eigenvalue weighted by Gasteiger charge is -2.46. The number of esters is 2. The molecule has 14 nitrogen and oxygen atoms in total. The summed E-state index contributed by atoms with van der Waals surface area (Å²) in [6, 6.07) is 20.6. The Morgan fingerprint density at radius 1 is 0.456 bits per heavy atom. The number of methoxy groups -OCH3 is 8. The van der Waals surface area contributed by atoms with Crippen LogP contribution in [0.2, 0.25) is 0 Å². The standard InChI is InChI=1S/C54H74N2O12/c1-55(23-19-39-33-49(63-7)51(65-9)35-41(39)43(55)29-37-15-17-45(59-3)47(31-37)61-5)25-21-53(57)67-27-13-11-12-14-28-68-54(58)22-26-56(2)24-20-40-34-50(64-8)52(66-10)36-42(40)44(56)30-38-16-18-46(60-4)48(32-38)62-6/h15-18,31-36,43-44H,11-14,19-30H2,1-10H3/q+2.